The first-order valence-corrected chi connectivity index (χ1v) is 9.01. The van der Waals surface area contributed by atoms with E-state index in [2.05, 4.69) is 5.32 Å². The summed E-state index contributed by atoms with van der Waals surface area (Å²) in [6, 6.07) is 3.90. The Hall–Kier alpha value is -2.81. The number of halogens is 2. The number of piperidine rings is 1. The van der Waals surface area contributed by atoms with E-state index < -0.39 is 23.6 Å². The Morgan fingerprint density at radius 1 is 1.14 bits per heavy atom. The van der Waals surface area contributed by atoms with Crippen molar-refractivity contribution in [1.82, 2.24) is 19.4 Å². The molecule has 2 aromatic rings. The maximum absolute atomic E-state index is 14.5. The first-order chi connectivity index (χ1) is 13.2. The number of imide groups is 1. The summed E-state index contributed by atoms with van der Waals surface area (Å²) in [6.45, 7) is 0.0479. The van der Waals surface area contributed by atoms with Gasteiger partial charge in [-0.1, -0.05) is 12.1 Å². The molecule has 0 spiro atoms. The van der Waals surface area contributed by atoms with Gasteiger partial charge in [-0.2, -0.15) is 8.78 Å². The highest BCUT2D eigenvalue weighted by Crippen LogP contribution is 2.37. The van der Waals surface area contributed by atoms with Crippen LogP contribution in [0, 0.1) is 0 Å². The van der Waals surface area contributed by atoms with Crippen molar-refractivity contribution in [2.45, 2.75) is 24.8 Å². The standard InChI is InChI=1S/C19H20F2N4O3/c1-23-8-7-12(19(20,21)10-23)11-3-4-13-15(9-11)24(2)18(28)25(13)14-5-6-16(26)22-17(14)27/h3-4,7,9,14H,5-6,8,10H2,1-2H3,(H,22,26,27). The van der Waals surface area contributed by atoms with E-state index >= 15 is 0 Å². The third-order valence-corrected chi connectivity index (χ3v) is 5.39. The van der Waals surface area contributed by atoms with Crippen LogP contribution < -0.4 is 11.0 Å². The van der Waals surface area contributed by atoms with Gasteiger partial charge in [0.1, 0.15) is 6.04 Å². The van der Waals surface area contributed by atoms with E-state index in [0.717, 1.165) is 0 Å². The van der Waals surface area contributed by atoms with Gasteiger partial charge in [-0.3, -0.25) is 28.9 Å². The molecule has 1 atom stereocenters. The molecule has 1 N–H and O–H groups in total. The summed E-state index contributed by atoms with van der Waals surface area (Å²) >= 11 is 0. The van der Waals surface area contributed by atoms with E-state index in [1.54, 1.807) is 25.2 Å². The minimum absolute atomic E-state index is 0.0614. The van der Waals surface area contributed by atoms with Gasteiger partial charge in [0.2, 0.25) is 11.8 Å². The summed E-state index contributed by atoms with van der Waals surface area (Å²) in [4.78, 5) is 37.9. The van der Waals surface area contributed by atoms with Crippen LogP contribution in [0.15, 0.2) is 29.1 Å². The first-order valence-electron chi connectivity index (χ1n) is 9.01. The molecule has 2 aliphatic heterocycles. The molecule has 1 aromatic heterocycles. The van der Waals surface area contributed by atoms with Gasteiger partial charge in [-0.25, -0.2) is 4.79 Å². The zero-order chi connectivity index (χ0) is 20.2. The van der Waals surface area contributed by atoms with Crippen LogP contribution >= 0.6 is 0 Å². The van der Waals surface area contributed by atoms with Crippen molar-refractivity contribution in [3.63, 3.8) is 0 Å². The zero-order valence-corrected chi connectivity index (χ0v) is 15.5. The number of hydrogen-bond donors (Lipinski definition) is 1. The Morgan fingerprint density at radius 3 is 2.57 bits per heavy atom. The molecule has 1 saturated heterocycles. The normalized spacial score (nSPS) is 23.0. The first kappa shape index (κ1) is 18.5. The molecule has 2 aliphatic rings. The highest BCUT2D eigenvalue weighted by atomic mass is 19.3. The summed E-state index contributed by atoms with van der Waals surface area (Å²) in [5.74, 6) is -3.89. The van der Waals surface area contributed by atoms with Crippen LogP contribution in [0.2, 0.25) is 0 Å². The number of nitrogens with zero attached hydrogens (tertiary/aromatic N) is 3. The van der Waals surface area contributed by atoms with Crippen LogP contribution in [-0.2, 0) is 16.6 Å². The smallest absolute Gasteiger partial charge is 0.297 e. The number of benzene rings is 1. The molecule has 4 rings (SSSR count). The molecule has 1 aromatic carbocycles. The molecule has 0 radical (unpaired) electrons. The van der Waals surface area contributed by atoms with Gasteiger partial charge in [0.15, 0.2) is 0 Å². The molecule has 2 amide bonds. The number of imidazole rings is 1. The fourth-order valence-electron chi connectivity index (χ4n) is 3.97. The minimum Gasteiger partial charge on any atom is -0.297 e. The van der Waals surface area contributed by atoms with Crippen LogP contribution in [0.4, 0.5) is 8.78 Å². The Bertz CT molecular complexity index is 1080. The maximum atomic E-state index is 14.5. The number of carbonyl (C=O) groups is 2. The quantitative estimate of drug-likeness (QED) is 0.784. The summed E-state index contributed by atoms with van der Waals surface area (Å²) in [7, 11) is 3.17. The third kappa shape index (κ3) is 2.86. The van der Waals surface area contributed by atoms with E-state index in [9.17, 15) is 23.2 Å². The minimum atomic E-state index is -2.99. The lowest BCUT2D eigenvalue weighted by Crippen LogP contribution is -2.44. The average Bonchev–Trinajstić information content (AvgIpc) is 2.85. The highest BCUT2D eigenvalue weighted by molar-refractivity contribution is 6.00. The van der Waals surface area contributed by atoms with Gasteiger partial charge >= 0.3 is 5.69 Å². The lowest BCUT2D eigenvalue weighted by Gasteiger charge is -2.30. The number of aryl methyl sites for hydroxylation is 1. The van der Waals surface area contributed by atoms with E-state index in [1.165, 1.54) is 27.2 Å². The van der Waals surface area contributed by atoms with Gasteiger partial charge in [0.05, 0.1) is 17.6 Å². The molecule has 0 bridgehead atoms. The number of nitrogens with one attached hydrogen (secondary N) is 1. The van der Waals surface area contributed by atoms with E-state index in [1.807, 2.05) is 0 Å². The second-order valence-corrected chi connectivity index (χ2v) is 7.40. The number of rotatable bonds is 2. The summed E-state index contributed by atoms with van der Waals surface area (Å²) < 4.78 is 31.7. The molecule has 0 saturated carbocycles. The number of likely N-dealkylation sites (N-methyl/N-ethyl adjacent to an activating group) is 1. The van der Waals surface area contributed by atoms with Crippen LogP contribution in [0.25, 0.3) is 16.6 Å². The number of hydrogen-bond acceptors (Lipinski definition) is 4. The number of fused-ring (bicyclic) bond motifs is 1. The third-order valence-electron chi connectivity index (χ3n) is 5.39. The zero-order valence-electron chi connectivity index (χ0n) is 15.5. The van der Waals surface area contributed by atoms with Gasteiger partial charge in [0, 0.05) is 25.6 Å². The second kappa shape index (κ2) is 6.37. The van der Waals surface area contributed by atoms with Crippen molar-refractivity contribution in [3.8, 4) is 0 Å². The Balaban J connectivity index is 1.83. The van der Waals surface area contributed by atoms with Crippen molar-refractivity contribution in [1.29, 1.82) is 0 Å². The van der Waals surface area contributed by atoms with Crippen LogP contribution in [-0.4, -0.2) is 51.9 Å². The van der Waals surface area contributed by atoms with Crippen molar-refractivity contribution in [2.24, 2.45) is 7.05 Å². The number of aromatic nitrogens is 2. The fraction of sp³-hybridized carbons (Fsp3) is 0.421. The Kier molecular flexibility index (Phi) is 4.22. The molecule has 28 heavy (non-hydrogen) atoms. The monoisotopic (exact) mass is 390 g/mol. The lowest BCUT2D eigenvalue weighted by atomic mass is 9.95. The Labute approximate surface area is 159 Å². The van der Waals surface area contributed by atoms with Gasteiger partial charge in [-0.05, 0) is 31.2 Å². The predicted octanol–water partition coefficient (Wildman–Crippen LogP) is 1.28. The van der Waals surface area contributed by atoms with Crippen molar-refractivity contribution in [2.75, 3.05) is 20.1 Å². The molecule has 7 nitrogen and oxygen atoms in total. The van der Waals surface area contributed by atoms with Crippen molar-refractivity contribution >= 4 is 28.4 Å². The summed E-state index contributed by atoms with van der Waals surface area (Å²) in [6.07, 6.45) is 1.87. The topological polar surface area (TPSA) is 76.3 Å². The van der Waals surface area contributed by atoms with Crippen LogP contribution in [0.3, 0.4) is 0 Å². The van der Waals surface area contributed by atoms with E-state index in [0.29, 0.717) is 23.1 Å². The van der Waals surface area contributed by atoms with Gasteiger partial charge < -0.3 is 0 Å². The number of alkyl halides is 2. The molecular weight excluding hydrogens is 370 g/mol. The van der Waals surface area contributed by atoms with Gasteiger partial charge in [0.25, 0.3) is 5.92 Å². The second-order valence-electron chi connectivity index (χ2n) is 7.40. The molecule has 0 aliphatic carbocycles. The molecule has 148 valence electrons. The predicted molar refractivity (Wildman–Crippen MR) is 99.0 cm³/mol. The average molecular weight is 390 g/mol. The highest BCUT2D eigenvalue weighted by Gasteiger charge is 2.39. The van der Waals surface area contributed by atoms with E-state index in [-0.39, 0.29) is 30.9 Å². The molecule has 1 unspecified atom stereocenters. The molecule has 9 heteroatoms. The maximum Gasteiger partial charge on any atom is 0.329 e. The number of amides is 2. The van der Waals surface area contributed by atoms with Gasteiger partial charge in [-0.15, -0.1) is 0 Å². The fourth-order valence-corrected chi connectivity index (χ4v) is 3.97. The van der Waals surface area contributed by atoms with Crippen LogP contribution in [0.5, 0.6) is 0 Å². The molecule has 3 heterocycles. The van der Waals surface area contributed by atoms with Crippen LogP contribution in [0.1, 0.15) is 24.4 Å². The van der Waals surface area contributed by atoms with Crippen molar-refractivity contribution < 1.29 is 18.4 Å². The lowest BCUT2D eigenvalue weighted by molar-refractivity contribution is -0.135. The SMILES string of the molecule is CN1CC=C(c2ccc3c(c2)n(C)c(=O)n3C2CCC(=O)NC2=O)C(F)(F)C1. The molecular formula is C19H20F2N4O3. The largest absolute Gasteiger partial charge is 0.329 e. The van der Waals surface area contributed by atoms with Crippen molar-refractivity contribution in [3.05, 3.63) is 40.3 Å². The summed E-state index contributed by atoms with van der Waals surface area (Å²) in [5.41, 5.74) is 0.798. The Morgan fingerprint density at radius 2 is 1.89 bits per heavy atom. The molecule has 1 fully saturated rings. The van der Waals surface area contributed by atoms with E-state index in [4.69, 9.17) is 0 Å². The summed E-state index contributed by atoms with van der Waals surface area (Å²) in [5, 5.41) is 2.25. The number of carbonyl (C=O) groups excluding carboxylic acids is 2.